The SMILES string of the molecule is NC(COCC(F)(F)F)c1ccc(F)cc1F. The number of nitrogens with two attached hydrogens (primary N) is 1. The highest BCUT2D eigenvalue weighted by atomic mass is 19.4. The molecule has 1 rings (SSSR count). The van der Waals surface area contributed by atoms with Gasteiger partial charge in [-0.25, -0.2) is 8.78 Å². The smallest absolute Gasteiger partial charge is 0.370 e. The molecule has 2 nitrogen and oxygen atoms in total. The van der Waals surface area contributed by atoms with E-state index in [-0.39, 0.29) is 5.56 Å². The molecule has 1 unspecified atom stereocenters. The van der Waals surface area contributed by atoms with Crippen molar-refractivity contribution in [3.8, 4) is 0 Å². The van der Waals surface area contributed by atoms with Gasteiger partial charge in [0.25, 0.3) is 0 Å². The van der Waals surface area contributed by atoms with Crippen LogP contribution in [0.2, 0.25) is 0 Å². The monoisotopic (exact) mass is 255 g/mol. The van der Waals surface area contributed by atoms with Crippen LogP contribution in [0.25, 0.3) is 0 Å². The molecule has 0 spiro atoms. The van der Waals surface area contributed by atoms with E-state index in [1.807, 2.05) is 0 Å². The molecule has 0 saturated carbocycles. The van der Waals surface area contributed by atoms with Crippen molar-refractivity contribution in [1.29, 1.82) is 0 Å². The molecule has 0 radical (unpaired) electrons. The van der Waals surface area contributed by atoms with Crippen LogP contribution in [0, 0.1) is 11.6 Å². The largest absolute Gasteiger partial charge is 0.411 e. The van der Waals surface area contributed by atoms with Crippen LogP contribution in [0.15, 0.2) is 18.2 Å². The lowest BCUT2D eigenvalue weighted by atomic mass is 10.1. The Morgan fingerprint density at radius 1 is 1.24 bits per heavy atom. The number of hydrogen-bond donors (Lipinski definition) is 1. The topological polar surface area (TPSA) is 35.2 Å². The third kappa shape index (κ3) is 4.66. The molecule has 17 heavy (non-hydrogen) atoms. The van der Waals surface area contributed by atoms with Crippen LogP contribution in [-0.2, 0) is 4.74 Å². The third-order valence-electron chi connectivity index (χ3n) is 1.93. The molecule has 0 aliphatic rings. The van der Waals surface area contributed by atoms with E-state index < -0.39 is 37.1 Å². The lowest BCUT2D eigenvalue weighted by molar-refractivity contribution is -0.174. The molecule has 0 fully saturated rings. The number of alkyl halides is 3. The van der Waals surface area contributed by atoms with Gasteiger partial charge in [-0.15, -0.1) is 0 Å². The molecule has 0 heterocycles. The van der Waals surface area contributed by atoms with Crippen LogP contribution in [0.1, 0.15) is 11.6 Å². The lowest BCUT2D eigenvalue weighted by Crippen LogP contribution is -2.23. The minimum absolute atomic E-state index is 0.0893. The normalized spacial score (nSPS) is 13.8. The van der Waals surface area contributed by atoms with E-state index in [4.69, 9.17) is 5.73 Å². The Labute approximate surface area is 94.2 Å². The predicted molar refractivity (Wildman–Crippen MR) is 50.2 cm³/mol. The zero-order valence-corrected chi connectivity index (χ0v) is 8.60. The second-order valence-electron chi connectivity index (χ2n) is 3.40. The van der Waals surface area contributed by atoms with Crippen molar-refractivity contribution in [3.63, 3.8) is 0 Å². The highest BCUT2D eigenvalue weighted by Crippen LogP contribution is 2.19. The summed E-state index contributed by atoms with van der Waals surface area (Å²) in [7, 11) is 0. The van der Waals surface area contributed by atoms with Gasteiger partial charge in [0, 0.05) is 11.6 Å². The fourth-order valence-electron chi connectivity index (χ4n) is 1.19. The van der Waals surface area contributed by atoms with Crippen molar-refractivity contribution >= 4 is 0 Å². The van der Waals surface area contributed by atoms with Crippen LogP contribution in [0.5, 0.6) is 0 Å². The van der Waals surface area contributed by atoms with Crippen LogP contribution >= 0.6 is 0 Å². The number of benzene rings is 1. The maximum absolute atomic E-state index is 13.2. The standard InChI is InChI=1S/C10H10F5NO/c11-6-1-2-7(8(12)3-6)9(16)4-17-5-10(13,14)15/h1-3,9H,4-5,16H2. The highest BCUT2D eigenvalue weighted by Gasteiger charge is 2.28. The summed E-state index contributed by atoms with van der Waals surface area (Å²) >= 11 is 0. The van der Waals surface area contributed by atoms with Crippen LogP contribution < -0.4 is 5.73 Å². The number of ether oxygens (including phenoxy) is 1. The molecule has 0 bridgehead atoms. The first kappa shape index (κ1) is 13.9. The molecule has 1 aromatic rings. The number of halogens is 5. The van der Waals surface area contributed by atoms with Crippen molar-refractivity contribution < 1.29 is 26.7 Å². The summed E-state index contributed by atoms with van der Waals surface area (Å²) in [5.41, 5.74) is 5.33. The summed E-state index contributed by atoms with van der Waals surface area (Å²) in [5.74, 6) is -1.69. The van der Waals surface area contributed by atoms with Crippen LogP contribution in [0.4, 0.5) is 22.0 Å². The van der Waals surface area contributed by atoms with Gasteiger partial charge >= 0.3 is 6.18 Å². The summed E-state index contributed by atoms with van der Waals surface area (Å²) in [4.78, 5) is 0. The molecular weight excluding hydrogens is 245 g/mol. The van der Waals surface area contributed by atoms with Gasteiger partial charge in [0.15, 0.2) is 0 Å². The molecule has 0 saturated heterocycles. The van der Waals surface area contributed by atoms with Crippen LogP contribution in [-0.4, -0.2) is 19.4 Å². The van der Waals surface area contributed by atoms with Crippen LogP contribution in [0.3, 0.4) is 0 Å². The van der Waals surface area contributed by atoms with Gasteiger partial charge in [-0.1, -0.05) is 6.07 Å². The van der Waals surface area contributed by atoms with E-state index in [0.29, 0.717) is 6.07 Å². The molecular formula is C10H10F5NO. The van der Waals surface area contributed by atoms with E-state index in [0.717, 1.165) is 12.1 Å². The van der Waals surface area contributed by atoms with Gasteiger partial charge in [-0.05, 0) is 6.07 Å². The summed E-state index contributed by atoms with van der Waals surface area (Å²) < 4.78 is 65.3. The quantitative estimate of drug-likeness (QED) is 0.839. The molecule has 7 heteroatoms. The molecule has 0 amide bonds. The first-order valence-electron chi connectivity index (χ1n) is 4.64. The number of hydrogen-bond acceptors (Lipinski definition) is 2. The van der Waals surface area contributed by atoms with Gasteiger partial charge in [-0.2, -0.15) is 13.2 Å². The van der Waals surface area contributed by atoms with Crippen molar-refractivity contribution in [2.24, 2.45) is 5.73 Å². The summed E-state index contributed by atoms with van der Waals surface area (Å²) in [6, 6.07) is 1.59. The van der Waals surface area contributed by atoms with E-state index in [9.17, 15) is 22.0 Å². The maximum atomic E-state index is 13.2. The molecule has 2 N–H and O–H groups in total. The van der Waals surface area contributed by atoms with Gasteiger partial charge < -0.3 is 10.5 Å². The Morgan fingerprint density at radius 3 is 2.41 bits per heavy atom. The second kappa shape index (κ2) is 5.42. The zero-order valence-electron chi connectivity index (χ0n) is 8.60. The second-order valence-corrected chi connectivity index (χ2v) is 3.40. The van der Waals surface area contributed by atoms with Crippen molar-refractivity contribution in [2.45, 2.75) is 12.2 Å². The molecule has 0 aliphatic carbocycles. The lowest BCUT2D eigenvalue weighted by Gasteiger charge is -2.14. The molecule has 0 aliphatic heterocycles. The number of rotatable bonds is 4. The fourth-order valence-corrected chi connectivity index (χ4v) is 1.19. The summed E-state index contributed by atoms with van der Waals surface area (Å²) in [6.45, 7) is -1.95. The average Bonchev–Trinajstić information content (AvgIpc) is 2.15. The van der Waals surface area contributed by atoms with Gasteiger partial charge in [0.1, 0.15) is 18.2 Å². The fraction of sp³-hybridized carbons (Fsp3) is 0.400. The Hall–Kier alpha value is -1.21. The Morgan fingerprint density at radius 2 is 1.88 bits per heavy atom. The van der Waals surface area contributed by atoms with Crippen molar-refractivity contribution in [3.05, 3.63) is 35.4 Å². The molecule has 1 aromatic carbocycles. The van der Waals surface area contributed by atoms with Crippen molar-refractivity contribution in [2.75, 3.05) is 13.2 Å². The molecule has 1 atom stereocenters. The molecule has 96 valence electrons. The van der Waals surface area contributed by atoms with Gasteiger partial charge in [0.05, 0.1) is 12.6 Å². The minimum Gasteiger partial charge on any atom is -0.370 e. The summed E-state index contributed by atoms with van der Waals surface area (Å²) in [6.07, 6.45) is -4.46. The molecule has 0 aromatic heterocycles. The first-order valence-corrected chi connectivity index (χ1v) is 4.64. The highest BCUT2D eigenvalue weighted by molar-refractivity contribution is 5.21. The average molecular weight is 255 g/mol. The first-order chi connectivity index (χ1) is 7.79. The minimum atomic E-state index is -4.46. The van der Waals surface area contributed by atoms with E-state index in [1.54, 1.807) is 0 Å². The van der Waals surface area contributed by atoms with E-state index in [2.05, 4.69) is 4.74 Å². The maximum Gasteiger partial charge on any atom is 0.411 e. The predicted octanol–water partition coefficient (Wildman–Crippen LogP) is 2.54. The third-order valence-corrected chi connectivity index (χ3v) is 1.93. The van der Waals surface area contributed by atoms with Gasteiger partial charge in [-0.3, -0.25) is 0 Å². The Bertz CT molecular complexity index is 379. The zero-order chi connectivity index (χ0) is 13.1. The summed E-state index contributed by atoms with van der Waals surface area (Å²) in [5, 5.41) is 0. The Balaban J connectivity index is 2.55. The Kier molecular flexibility index (Phi) is 4.41. The van der Waals surface area contributed by atoms with E-state index in [1.165, 1.54) is 0 Å². The van der Waals surface area contributed by atoms with Crippen molar-refractivity contribution in [1.82, 2.24) is 0 Å². The van der Waals surface area contributed by atoms with Gasteiger partial charge in [0.2, 0.25) is 0 Å². The van der Waals surface area contributed by atoms with E-state index >= 15 is 0 Å².